The lowest BCUT2D eigenvalue weighted by atomic mass is 10.0. The van der Waals surface area contributed by atoms with Crippen LogP contribution in [-0.4, -0.2) is 10.2 Å². The Kier molecular flexibility index (Phi) is 2.64. The van der Waals surface area contributed by atoms with Gasteiger partial charge in [-0.3, -0.25) is 5.10 Å². The zero-order valence-corrected chi connectivity index (χ0v) is 10.8. The van der Waals surface area contributed by atoms with Crippen molar-refractivity contribution in [2.45, 2.75) is 6.92 Å². The van der Waals surface area contributed by atoms with E-state index in [1.165, 1.54) is 5.56 Å². The van der Waals surface area contributed by atoms with E-state index < -0.39 is 0 Å². The fourth-order valence-corrected chi connectivity index (χ4v) is 2.82. The van der Waals surface area contributed by atoms with Crippen molar-refractivity contribution >= 4 is 17.2 Å². The second kappa shape index (κ2) is 4.31. The van der Waals surface area contributed by atoms with Gasteiger partial charge in [0, 0.05) is 10.4 Å². The number of anilines is 1. The van der Waals surface area contributed by atoms with Crippen LogP contribution in [0.4, 0.5) is 5.82 Å². The molecule has 0 spiro atoms. The Bertz CT molecular complexity index is 668. The fraction of sp³-hybridized carbons (Fsp3) is 0.0714. The van der Waals surface area contributed by atoms with Crippen LogP contribution in [0.5, 0.6) is 0 Å². The predicted octanol–water partition coefficient (Wildman–Crippen LogP) is 3.70. The molecule has 1 aromatic carbocycles. The largest absolute Gasteiger partial charge is 0.382 e. The maximum absolute atomic E-state index is 5.97. The molecule has 3 aromatic rings. The number of H-pyrrole nitrogens is 1. The van der Waals surface area contributed by atoms with Crippen LogP contribution in [0.3, 0.4) is 0 Å². The third-order valence-corrected chi connectivity index (χ3v) is 3.76. The number of aromatic amines is 1. The first-order valence-electron chi connectivity index (χ1n) is 5.70. The van der Waals surface area contributed by atoms with Crippen molar-refractivity contribution in [3.63, 3.8) is 0 Å². The van der Waals surface area contributed by atoms with E-state index in [0.29, 0.717) is 5.82 Å². The molecule has 0 atom stereocenters. The van der Waals surface area contributed by atoms with Crippen molar-refractivity contribution in [3.8, 4) is 21.7 Å². The lowest BCUT2D eigenvalue weighted by Gasteiger charge is -2.03. The molecule has 0 saturated heterocycles. The van der Waals surface area contributed by atoms with Gasteiger partial charge in [-0.2, -0.15) is 5.10 Å². The van der Waals surface area contributed by atoms with Gasteiger partial charge in [0.25, 0.3) is 0 Å². The predicted molar refractivity (Wildman–Crippen MR) is 76.5 cm³/mol. The third kappa shape index (κ3) is 1.80. The molecule has 90 valence electrons. The van der Waals surface area contributed by atoms with Crippen LogP contribution in [0.2, 0.25) is 0 Å². The smallest absolute Gasteiger partial charge is 0.154 e. The SMILES string of the molecule is Cc1cccc(-c2[nH]nc(N)c2-c2cccs2)c1. The molecule has 2 heterocycles. The summed E-state index contributed by atoms with van der Waals surface area (Å²) in [6, 6.07) is 12.4. The molecular formula is C14H13N3S. The van der Waals surface area contributed by atoms with E-state index in [9.17, 15) is 0 Å². The van der Waals surface area contributed by atoms with Crippen LogP contribution in [0, 0.1) is 6.92 Å². The fourth-order valence-electron chi connectivity index (χ4n) is 2.04. The maximum atomic E-state index is 5.97. The Balaban J connectivity index is 2.20. The Morgan fingerprint density at radius 2 is 2.11 bits per heavy atom. The highest BCUT2D eigenvalue weighted by molar-refractivity contribution is 7.13. The first-order chi connectivity index (χ1) is 8.75. The number of nitrogens with one attached hydrogen (secondary N) is 1. The number of rotatable bonds is 2. The van der Waals surface area contributed by atoms with Crippen LogP contribution in [0.15, 0.2) is 41.8 Å². The number of nitrogens with two attached hydrogens (primary N) is 1. The van der Waals surface area contributed by atoms with Crippen LogP contribution in [0.25, 0.3) is 21.7 Å². The molecule has 18 heavy (non-hydrogen) atoms. The summed E-state index contributed by atoms with van der Waals surface area (Å²) in [6.07, 6.45) is 0. The summed E-state index contributed by atoms with van der Waals surface area (Å²) in [6.45, 7) is 2.08. The summed E-state index contributed by atoms with van der Waals surface area (Å²) >= 11 is 1.67. The van der Waals surface area contributed by atoms with E-state index in [4.69, 9.17) is 5.73 Å². The average molecular weight is 255 g/mol. The van der Waals surface area contributed by atoms with Gasteiger partial charge in [-0.05, 0) is 24.4 Å². The number of nitrogen functional groups attached to an aromatic ring is 1. The summed E-state index contributed by atoms with van der Waals surface area (Å²) in [7, 11) is 0. The van der Waals surface area contributed by atoms with Gasteiger partial charge >= 0.3 is 0 Å². The number of aromatic nitrogens is 2. The molecule has 0 aliphatic rings. The highest BCUT2D eigenvalue weighted by Crippen LogP contribution is 2.37. The van der Waals surface area contributed by atoms with E-state index in [-0.39, 0.29) is 0 Å². The van der Waals surface area contributed by atoms with Gasteiger partial charge in [0.05, 0.1) is 11.3 Å². The minimum absolute atomic E-state index is 0.550. The molecule has 4 heteroatoms. The molecule has 3 rings (SSSR count). The molecule has 0 radical (unpaired) electrons. The molecule has 0 aliphatic heterocycles. The Hall–Kier alpha value is -2.07. The minimum atomic E-state index is 0.550. The van der Waals surface area contributed by atoms with E-state index >= 15 is 0 Å². The summed E-state index contributed by atoms with van der Waals surface area (Å²) in [5.74, 6) is 0.550. The normalized spacial score (nSPS) is 10.7. The van der Waals surface area contributed by atoms with Crippen molar-refractivity contribution in [1.29, 1.82) is 0 Å². The Labute approximate surface area is 109 Å². The second-order valence-electron chi connectivity index (χ2n) is 4.21. The topological polar surface area (TPSA) is 54.7 Å². The maximum Gasteiger partial charge on any atom is 0.154 e. The van der Waals surface area contributed by atoms with Gasteiger partial charge in [0.2, 0.25) is 0 Å². The lowest BCUT2D eigenvalue weighted by Crippen LogP contribution is -1.87. The van der Waals surface area contributed by atoms with Gasteiger partial charge in [-0.1, -0.05) is 29.8 Å². The standard InChI is InChI=1S/C14H13N3S/c1-9-4-2-5-10(8-9)13-12(14(15)17-16-13)11-6-3-7-18-11/h2-8H,1H3,(H3,15,16,17). The molecule has 2 aromatic heterocycles. The van der Waals surface area contributed by atoms with Crippen LogP contribution in [-0.2, 0) is 0 Å². The van der Waals surface area contributed by atoms with Crippen LogP contribution < -0.4 is 5.73 Å². The highest BCUT2D eigenvalue weighted by Gasteiger charge is 2.15. The number of nitrogens with zero attached hydrogens (tertiary/aromatic N) is 1. The minimum Gasteiger partial charge on any atom is -0.382 e. The molecule has 0 aliphatic carbocycles. The van der Waals surface area contributed by atoms with E-state index in [1.54, 1.807) is 11.3 Å². The van der Waals surface area contributed by atoms with Gasteiger partial charge < -0.3 is 5.73 Å². The zero-order valence-electron chi connectivity index (χ0n) is 9.97. The van der Waals surface area contributed by atoms with E-state index in [0.717, 1.165) is 21.7 Å². The molecule has 0 amide bonds. The quantitative estimate of drug-likeness (QED) is 0.733. The van der Waals surface area contributed by atoms with Gasteiger partial charge in [-0.15, -0.1) is 11.3 Å². The molecule has 0 fully saturated rings. The molecule has 3 N–H and O–H groups in total. The summed E-state index contributed by atoms with van der Waals surface area (Å²) in [5, 5.41) is 9.22. The lowest BCUT2D eigenvalue weighted by molar-refractivity contribution is 1.10. The summed E-state index contributed by atoms with van der Waals surface area (Å²) < 4.78 is 0. The average Bonchev–Trinajstić information content (AvgIpc) is 2.97. The second-order valence-corrected chi connectivity index (χ2v) is 5.15. The Morgan fingerprint density at radius 1 is 1.22 bits per heavy atom. The van der Waals surface area contributed by atoms with Crippen molar-refractivity contribution in [1.82, 2.24) is 10.2 Å². The molecular weight excluding hydrogens is 242 g/mol. The van der Waals surface area contributed by atoms with Crippen molar-refractivity contribution < 1.29 is 0 Å². The van der Waals surface area contributed by atoms with Crippen molar-refractivity contribution in [2.24, 2.45) is 0 Å². The molecule has 0 bridgehead atoms. The highest BCUT2D eigenvalue weighted by atomic mass is 32.1. The van der Waals surface area contributed by atoms with Gasteiger partial charge in [0.1, 0.15) is 0 Å². The van der Waals surface area contributed by atoms with Crippen molar-refractivity contribution in [3.05, 3.63) is 47.3 Å². The third-order valence-electron chi connectivity index (χ3n) is 2.87. The summed E-state index contributed by atoms with van der Waals surface area (Å²) in [5.41, 5.74) is 10.3. The van der Waals surface area contributed by atoms with Crippen LogP contribution >= 0.6 is 11.3 Å². The number of hydrogen-bond donors (Lipinski definition) is 2. The van der Waals surface area contributed by atoms with E-state index in [1.807, 2.05) is 17.5 Å². The number of aryl methyl sites for hydroxylation is 1. The van der Waals surface area contributed by atoms with E-state index in [2.05, 4.69) is 41.4 Å². The number of benzene rings is 1. The molecule has 0 saturated carbocycles. The first kappa shape index (κ1) is 11.0. The van der Waals surface area contributed by atoms with Gasteiger partial charge in [-0.25, -0.2) is 0 Å². The van der Waals surface area contributed by atoms with Gasteiger partial charge in [0.15, 0.2) is 5.82 Å². The summed E-state index contributed by atoms with van der Waals surface area (Å²) in [4.78, 5) is 1.14. The molecule has 3 nitrogen and oxygen atoms in total. The van der Waals surface area contributed by atoms with Crippen LogP contribution in [0.1, 0.15) is 5.56 Å². The number of thiophene rings is 1. The zero-order chi connectivity index (χ0) is 12.5. The Morgan fingerprint density at radius 3 is 2.83 bits per heavy atom. The molecule has 0 unspecified atom stereocenters. The van der Waals surface area contributed by atoms with Crippen molar-refractivity contribution in [2.75, 3.05) is 5.73 Å². The first-order valence-corrected chi connectivity index (χ1v) is 6.58. The monoisotopic (exact) mass is 255 g/mol. The number of hydrogen-bond acceptors (Lipinski definition) is 3.